The third-order valence-electron chi connectivity index (χ3n) is 4.29. The molecule has 1 N–H and O–H groups in total. The van der Waals surface area contributed by atoms with Crippen LogP contribution in [0.1, 0.15) is 5.76 Å². The molecule has 0 saturated carbocycles. The summed E-state index contributed by atoms with van der Waals surface area (Å²) in [4.78, 5) is 12.3. The van der Waals surface area contributed by atoms with Gasteiger partial charge >= 0.3 is 0 Å². The van der Waals surface area contributed by atoms with Gasteiger partial charge in [-0.05, 0) is 55.5 Å². The molecule has 1 amide bonds. The van der Waals surface area contributed by atoms with Crippen molar-refractivity contribution in [1.29, 1.82) is 0 Å². The second-order valence-corrected chi connectivity index (χ2v) is 7.89. The summed E-state index contributed by atoms with van der Waals surface area (Å²) in [6, 6.07) is 16.5. The number of ether oxygens (including phenoxy) is 1. The minimum Gasteiger partial charge on any atom is -0.497 e. The van der Waals surface area contributed by atoms with Crippen molar-refractivity contribution in [2.75, 3.05) is 18.2 Å². The first-order chi connectivity index (χ1) is 15.0. The van der Waals surface area contributed by atoms with E-state index in [4.69, 9.17) is 20.9 Å². The Morgan fingerprint density at radius 1 is 1.16 bits per heavy atom. The number of hydrogen-bond donors (Lipinski definition) is 1. The van der Waals surface area contributed by atoms with Crippen molar-refractivity contribution in [2.24, 2.45) is 0 Å². The van der Waals surface area contributed by atoms with E-state index >= 15 is 0 Å². The van der Waals surface area contributed by atoms with Crippen LogP contribution in [-0.4, -0.2) is 38.7 Å². The number of methoxy groups -OCH3 is 1. The average molecular weight is 456 g/mol. The van der Waals surface area contributed by atoms with E-state index < -0.39 is 0 Å². The molecule has 0 radical (unpaired) electrons. The lowest BCUT2D eigenvalue weighted by Gasteiger charge is -2.11. The highest BCUT2D eigenvalue weighted by Gasteiger charge is 2.18. The summed E-state index contributed by atoms with van der Waals surface area (Å²) >= 11 is 7.32. The number of aryl methyl sites for hydroxylation is 1. The van der Waals surface area contributed by atoms with Crippen LogP contribution in [0.25, 0.3) is 17.1 Å². The van der Waals surface area contributed by atoms with E-state index in [-0.39, 0.29) is 11.7 Å². The fourth-order valence-corrected chi connectivity index (χ4v) is 3.73. The zero-order valence-corrected chi connectivity index (χ0v) is 18.3. The number of aromatic nitrogens is 4. The molecule has 0 atom stereocenters. The molecule has 4 aromatic rings. The first-order valence-corrected chi connectivity index (χ1v) is 10.6. The fraction of sp³-hybridized carbons (Fsp3) is 0.143. The van der Waals surface area contributed by atoms with Crippen molar-refractivity contribution < 1.29 is 14.1 Å². The minimum absolute atomic E-state index is 0.125. The van der Waals surface area contributed by atoms with Crippen molar-refractivity contribution in [3.05, 3.63) is 65.4 Å². The fourth-order valence-electron chi connectivity index (χ4n) is 2.85. The Balaban J connectivity index is 1.61. The van der Waals surface area contributed by atoms with Crippen LogP contribution < -0.4 is 10.1 Å². The minimum atomic E-state index is -0.227. The number of hydrogen-bond acceptors (Lipinski definition) is 7. The van der Waals surface area contributed by atoms with E-state index in [1.807, 2.05) is 41.0 Å². The van der Waals surface area contributed by atoms with Gasteiger partial charge in [-0.15, -0.1) is 10.2 Å². The van der Waals surface area contributed by atoms with E-state index in [0.717, 1.165) is 17.0 Å². The van der Waals surface area contributed by atoms with Gasteiger partial charge in [-0.1, -0.05) is 28.5 Å². The number of thioether (sulfide) groups is 1. The SMILES string of the molecule is COc1ccc(-c2nnc(SCC(=O)Nc3cc(C)on3)n2-c2ccc(Cl)cc2)cc1. The quantitative estimate of drug-likeness (QED) is 0.406. The number of nitrogens with zero attached hydrogens (tertiary/aromatic N) is 4. The predicted octanol–water partition coefficient (Wildman–Crippen LogP) is 4.62. The summed E-state index contributed by atoms with van der Waals surface area (Å²) in [5.74, 6) is 2.28. The lowest BCUT2D eigenvalue weighted by atomic mass is 10.2. The van der Waals surface area contributed by atoms with Gasteiger partial charge in [0.1, 0.15) is 11.5 Å². The zero-order valence-electron chi connectivity index (χ0n) is 16.7. The lowest BCUT2D eigenvalue weighted by Crippen LogP contribution is -2.14. The van der Waals surface area contributed by atoms with Crippen LogP contribution in [0.5, 0.6) is 5.75 Å². The largest absolute Gasteiger partial charge is 0.497 e. The van der Waals surface area contributed by atoms with Crippen molar-refractivity contribution in [3.63, 3.8) is 0 Å². The van der Waals surface area contributed by atoms with Crippen molar-refractivity contribution in [1.82, 2.24) is 19.9 Å². The molecular formula is C21H18ClN5O3S. The van der Waals surface area contributed by atoms with Gasteiger partial charge in [0.2, 0.25) is 5.91 Å². The topological polar surface area (TPSA) is 95.1 Å². The first kappa shape index (κ1) is 21.0. The Hall–Kier alpha value is -3.30. The summed E-state index contributed by atoms with van der Waals surface area (Å²) in [5.41, 5.74) is 1.69. The maximum atomic E-state index is 12.3. The van der Waals surface area contributed by atoms with Gasteiger partial charge in [0.05, 0.1) is 12.9 Å². The normalized spacial score (nSPS) is 10.8. The number of nitrogens with one attached hydrogen (secondary N) is 1. The summed E-state index contributed by atoms with van der Waals surface area (Å²) < 4.78 is 12.1. The van der Waals surface area contributed by atoms with Gasteiger partial charge in [0.15, 0.2) is 16.8 Å². The van der Waals surface area contributed by atoms with Crippen LogP contribution in [0, 0.1) is 6.92 Å². The zero-order chi connectivity index (χ0) is 21.8. The van der Waals surface area contributed by atoms with Crippen LogP contribution in [0.4, 0.5) is 5.82 Å². The molecule has 0 spiro atoms. The molecule has 2 aromatic carbocycles. The molecule has 0 aliphatic carbocycles. The summed E-state index contributed by atoms with van der Waals surface area (Å²) in [7, 11) is 1.62. The third-order valence-corrected chi connectivity index (χ3v) is 5.48. The van der Waals surface area contributed by atoms with E-state index in [1.165, 1.54) is 11.8 Å². The standard InChI is InChI=1S/C21H18ClN5O3S/c1-13-11-18(26-30-13)23-19(28)12-31-21-25-24-20(14-3-9-17(29-2)10-4-14)27(21)16-7-5-15(22)6-8-16/h3-11H,12H2,1-2H3,(H,23,26,28). The van der Waals surface area contributed by atoms with Gasteiger partial charge in [-0.2, -0.15) is 0 Å². The number of carbonyl (C=O) groups excluding carboxylic acids is 1. The molecule has 0 fully saturated rings. The van der Waals surface area contributed by atoms with Crippen molar-refractivity contribution in [2.45, 2.75) is 12.1 Å². The Labute approximate surface area is 187 Å². The molecule has 0 unspecified atom stereocenters. The number of amides is 1. The Kier molecular flexibility index (Phi) is 6.24. The van der Waals surface area contributed by atoms with Gasteiger partial charge in [-0.25, -0.2) is 0 Å². The number of rotatable bonds is 7. The first-order valence-electron chi connectivity index (χ1n) is 9.25. The number of halogens is 1. The van der Waals surface area contributed by atoms with Gasteiger partial charge in [0.25, 0.3) is 0 Å². The monoisotopic (exact) mass is 455 g/mol. The Morgan fingerprint density at radius 2 is 1.90 bits per heavy atom. The molecule has 0 bridgehead atoms. The third kappa shape index (κ3) is 4.89. The number of benzene rings is 2. The lowest BCUT2D eigenvalue weighted by molar-refractivity contribution is -0.113. The van der Waals surface area contributed by atoms with Crippen molar-refractivity contribution in [3.8, 4) is 22.8 Å². The van der Waals surface area contributed by atoms with E-state index in [2.05, 4.69) is 20.7 Å². The highest BCUT2D eigenvalue weighted by molar-refractivity contribution is 7.99. The Bertz CT molecular complexity index is 1190. The predicted molar refractivity (Wildman–Crippen MR) is 119 cm³/mol. The smallest absolute Gasteiger partial charge is 0.236 e. The molecule has 0 saturated heterocycles. The van der Waals surface area contributed by atoms with Crippen molar-refractivity contribution >= 4 is 35.1 Å². The molecule has 0 aliphatic rings. The number of anilines is 1. The van der Waals surface area contributed by atoms with E-state index in [9.17, 15) is 4.79 Å². The summed E-state index contributed by atoms with van der Waals surface area (Å²) in [6.07, 6.45) is 0. The molecule has 158 valence electrons. The summed E-state index contributed by atoms with van der Waals surface area (Å²) in [5, 5.41) is 16.3. The molecule has 2 aromatic heterocycles. The molecule has 8 nitrogen and oxygen atoms in total. The molecule has 2 heterocycles. The molecular weight excluding hydrogens is 438 g/mol. The van der Waals surface area contributed by atoms with Crippen LogP contribution >= 0.6 is 23.4 Å². The second-order valence-electron chi connectivity index (χ2n) is 6.51. The van der Waals surface area contributed by atoms with Gasteiger partial charge < -0.3 is 14.6 Å². The molecule has 0 aliphatic heterocycles. The van der Waals surface area contributed by atoms with E-state index in [0.29, 0.717) is 27.6 Å². The molecule has 4 rings (SSSR count). The molecule has 31 heavy (non-hydrogen) atoms. The highest BCUT2D eigenvalue weighted by atomic mass is 35.5. The second kappa shape index (κ2) is 9.23. The van der Waals surface area contributed by atoms with Crippen LogP contribution in [0.2, 0.25) is 5.02 Å². The summed E-state index contributed by atoms with van der Waals surface area (Å²) in [6.45, 7) is 1.76. The van der Waals surface area contributed by atoms with Crippen LogP contribution in [0.15, 0.2) is 64.3 Å². The van der Waals surface area contributed by atoms with Gasteiger partial charge in [0, 0.05) is 22.3 Å². The molecule has 10 heteroatoms. The Morgan fingerprint density at radius 3 is 2.55 bits per heavy atom. The maximum absolute atomic E-state index is 12.3. The van der Waals surface area contributed by atoms with Crippen LogP contribution in [-0.2, 0) is 4.79 Å². The maximum Gasteiger partial charge on any atom is 0.236 e. The highest BCUT2D eigenvalue weighted by Crippen LogP contribution is 2.29. The van der Waals surface area contributed by atoms with Crippen LogP contribution in [0.3, 0.4) is 0 Å². The average Bonchev–Trinajstić information content (AvgIpc) is 3.39. The van der Waals surface area contributed by atoms with E-state index in [1.54, 1.807) is 32.2 Å². The number of carbonyl (C=O) groups is 1. The van der Waals surface area contributed by atoms with Gasteiger partial charge in [-0.3, -0.25) is 9.36 Å².